The molecule has 0 saturated heterocycles. The largest absolute Gasteiger partial charge is 0.397 e. The molecule has 0 atom stereocenters. The van der Waals surface area contributed by atoms with E-state index in [1.54, 1.807) is 7.05 Å². The van der Waals surface area contributed by atoms with E-state index in [-0.39, 0.29) is 28.1 Å². The second kappa shape index (κ2) is 6.42. The predicted molar refractivity (Wildman–Crippen MR) is 84.1 cm³/mol. The number of hydrogen-bond donors (Lipinski definition) is 3. The molecular formula is C11H11Cl2N5O2S. The molecule has 0 saturated carbocycles. The highest BCUT2D eigenvalue weighted by Gasteiger charge is 2.12. The number of benzene rings is 1. The number of hydrogen-bond acceptors (Lipinski definition) is 5. The molecule has 0 aliphatic carbocycles. The van der Waals surface area contributed by atoms with Crippen molar-refractivity contribution in [2.24, 2.45) is 7.05 Å². The van der Waals surface area contributed by atoms with Gasteiger partial charge in [0, 0.05) is 12.1 Å². The Bertz CT molecular complexity index is 719. The molecule has 0 aliphatic heterocycles. The van der Waals surface area contributed by atoms with Gasteiger partial charge in [-0.3, -0.25) is 9.36 Å². The minimum absolute atomic E-state index is 0.0521. The summed E-state index contributed by atoms with van der Waals surface area (Å²) >= 11 is 12.9. The Hall–Kier alpha value is -1.64. The fourth-order valence-electron chi connectivity index (χ4n) is 1.49. The first-order chi connectivity index (χ1) is 9.88. The number of aromatic amines is 1. The Balaban J connectivity index is 2.03. The number of nitrogens with zero attached hydrogens (tertiary/aromatic N) is 2. The Kier molecular flexibility index (Phi) is 4.81. The summed E-state index contributed by atoms with van der Waals surface area (Å²) < 4.78 is 1.31. The lowest BCUT2D eigenvalue weighted by atomic mass is 10.2. The summed E-state index contributed by atoms with van der Waals surface area (Å²) in [4.78, 5) is 23.1. The topological polar surface area (TPSA) is 106 Å². The zero-order valence-corrected chi connectivity index (χ0v) is 13.1. The summed E-state index contributed by atoms with van der Waals surface area (Å²) in [6, 6.07) is 2.98. The first kappa shape index (κ1) is 15.7. The van der Waals surface area contributed by atoms with Crippen LogP contribution in [0.1, 0.15) is 0 Å². The van der Waals surface area contributed by atoms with Gasteiger partial charge in [-0.1, -0.05) is 35.0 Å². The van der Waals surface area contributed by atoms with Crippen LogP contribution in [-0.4, -0.2) is 26.4 Å². The van der Waals surface area contributed by atoms with Crippen molar-refractivity contribution in [2.45, 2.75) is 5.16 Å². The van der Waals surface area contributed by atoms with Gasteiger partial charge in [-0.25, -0.2) is 9.89 Å². The zero-order valence-electron chi connectivity index (χ0n) is 10.8. The minimum atomic E-state index is -0.345. The molecule has 112 valence electrons. The van der Waals surface area contributed by atoms with Crippen LogP contribution in [-0.2, 0) is 11.8 Å². The van der Waals surface area contributed by atoms with Gasteiger partial charge in [0.15, 0.2) is 5.16 Å². The summed E-state index contributed by atoms with van der Waals surface area (Å²) in [6.07, 6.45) is 0. The summed E-state index contributed by atoms with van der Waals surface area (Å²) in [5, 5.41) is 9.72. The molecule has 1 amide bonds. The van der Waals surface area contributed by atoms with E-state index in [4.69, 9.17) is 28.9 Å². The first-order valence-electron chi connectivity index (χ1n) is 5.67. The first-order valence-corrected chi connectivity index (χ1v) is 7.41. The normalized spacial score (nSPS) is 10.6. The highest BCUT2D eigenvalue weighted by atomic mass is 35.5. The third kappa shape index (κ3) is 3.72. The van der Waals surface area contributed by atoms with Gasteiger partial charge in [0.2, 0.25) is 5.91 Å². The van der Waals surface area contributed by atoms with Crippen LogP contribution in [0.2, 0.25) is 10.0 Å². The van der Waals surface area contributed by atoms with Crippen molar-refractivity contribution in [3.05, 3.63) is 32.7 Å². The van der Waals surface area contributed by atoms with E-state index in [2.05, 4.69) is 15.5 Å². The third-order valence-corrected chi connectivity index (χ3v) is 4.07. The van der Waals surface area contributed by atoms with Crippen molar-refractivity contribution in [3.8, 4) is 0 Å². The average molecular weight is 348 g/mol. The number of anilines is 2. The molecule has 10 heteroatoms. The second-order valence-electron chi connectivity index (χ2n) is 4.06. The summed E-state index contributed by atoms with van der Waals surface area (Å²) in [5.74, 6) is -0.275. The number of thioether (sulfide) groups is 1. The number of nitrogens with two attached hydrogens (primary N) is 1. The maximum Gasteiger partial charge on any atom is 0.343 e. The van der Waals surface area contributed by atoms with E-state index < -0.39 is 0 Å². The SMILES string of the molecule is Cn1c(SCC(=O)Nc2c(N)cc(Cl)cc2Cl)n[nH]c1=O. The molecule has 0 bridgehead atoms. The quantitative estimate of drug-likeness (QED) is 0.576. The maximum absolute atomic E-state index is 11.9. The lowest BCUT2D eigenvalue weighted by Gasteiger charge is -2.10. The smallest absolute Gasteiger partial charge is 0.343 e. The Labute approximate surface area is 133 Å². The fourth-order valence-corrected chi connectivity index (χ4v) is 2.77. The molecule has 0 spiro atoms. The molecule has 2 rings (SSSR count). The number of rotatable bonds is 4. The number of nitrogens with one attached hydrogen (secondary N) is 2. The van der Waals surface area contributed by atoms with Crippen LogP contribution in [0.4, 0.5) is 11.4 Å². The van der Waals surface area contributed by atoms with Gasteiger partial charge >= 0.3 is 5.69 Å². The average Bonchev–Trinajstić information content (AvgIpc) is 2.72. The molecule has 0 fully saturated rings. The molecule has 0 unspecified atom stereocenters. The number of H-pyrrole nitrogens is 1. The lowest BCUT2D eigenvalue weighted by Crippen LogP contribution is -2.17. The van der Waals surface area contributed by atoms with E-state index >= 15 is 0 Å². The molecule has 0 radical (unpaired) electrons. The monoisotopic (exact) mass is 347 g/mol. The van der Waals surface area contributed by atoms with Crippen LogP contribution in [0.3, 0.4) is 0 Å². The fraction of sp³-hybridized carbons (Fsp3) is 0.182. The van der Waals surface area contributed by atoms with Gasteiger partial charge in [0.05, 0.1) is 22.2 Å². The Morgan fingerprint density at radius 3 is 2.81 bits per heavy atom. The highest BCUT2D eigenvalue weighted by molar-refractivity contribution is 7.99. The number of nitrogen functional groups attached to an aromatic ring is 1. The molecule has 4 N–H and O–H groups in total. The number of halogens is 2. The standard InChI is InChI=1S/C11H11Cl2N5O2S/c1-18-10(20)16-17-11(18)21-4-8(19)15-9-6(13)2-5(12)3-7(9)14/h2-3H,4,14H2,1H3,(H,15,19)(H,16,20). The van der Waals surface area contributed by atoms with Crippen LogP contribution < -0.4 is 16.7 Å². The van der Waals surface area contributed by atoms with Gasteiger partial charge in [-0.05, 0) is 12.1 Å². The van der Waals surface area contributed by atoms with E-state index in [1.165, 1.54) is 16.7 Å². The summed E-state index contributed by atoms with van der Waals surface area (Å²) in [5.41, 5.74) is 5.99. The minimum Gasteiger partial charge on any atom is -0.397 e. The number of carbonyl (C=O) groups excluding carboxylic acids is 1. The molecule has 2 aromatic rings. The lowest BCUT2D eigenvalue weighted by molar-refractivity contribution is -0.113. The van der Waals surface area contributed by atoms with Crippen molar-refractivity contribution in [1.29, 1.82) is 0 Å². The molecular weight excluding hydrogens is 337 g/mol. The van der Waals surface area contributed by atoms with Gasteiger partial charge in [-0.2, -0.15) is 0 Å². The van der Waals surface area contributed by atoms with Crippen LogP contribution in [0, 0.1) is 0 Å². The van der Waals surface area contributed by atoms with Crippen LogP contribution in [0.15, 0.2) is 22.1 Å². The van der Waals surface area contributed by atoms with Gasteiger partial charge in [-0.15, -0.1) is 5.10 Å². The summed E-state index contributed by atoms with van der Waals surface area (Å²) in [6.45, 7) is 0. The number of amides is 1. The molecule has 7 nitrogen and oxygen atoms in total. The summed E-state index contributed by atoms with van der Waals surface area (Å²) in [7, 11) is 1.56. The van der Waals surface area contributed by atoms with E-state index in [0.717, 1.165) is 11.8 Å². The van der Waals surface area contributed by atoms with Gasteiger partial charge in [0.25, 0.3) is 0 Å². The van der Waals surface area contributed by atoms with Crippen LogP contribution >= 0.6 is 35.0 Å². The van der Waals surface area contributed by atoms with E-state index in [1.807, 2.05) is 0 Å². The van der Waals surface area contributed by atoms with E-state index in [9.17, 15) is 9.59 Å². The Morgan fingerprint density at radius 2 is 2.24 bits per heavy atom. The molecule has 21 heavy (non-hydrogen) atoms. The molecule has 1 aromatic carbocycles. The van der Waals surface area contributed by atoms with Crippen LogP contribution in [0.25, 0.3) is 0 Å². The number of aromatic nitrogens is 3. The van der Waals surface area contributed by atoms with Crippen molar-refractivity contribution in [1.82, 2.24) is 14.8 Å². The molecule has 1 heterocycles. The van der Waals surface area contributed by atoms with Crippen molar-refractivity contribution in [3.63, 3.8) is 0 Å². The molecule has 0 aliphatic rings. The Morgan fingerprint density at radius 1 is 1.52 bits per heavy atom. The maximum atomic E-state index is 11.9. The predicted octanol–water partition coefficient (Wildman–Crippen LogP) is 1.73. The molecule has 1 aromatic heterocycles. The van der Waals surface area contributed by atoms with Gasteiger partial charge < -0.3 is 11.1 Å². The van der Waals surface area contributed by atoms with Gasteiger partial charge in [0.1, 0.15) is 0 Å². The number of carbonyl (C=O) groups is 1. The van der Waals surface area contributed by atoms with E-state index in [0.29, 0.717) is 15.9 Å². The third-order valence-electron chi connectivity index (χ3n) is 2.52. The highest BCUT2D eigenvalue weighted by Crippen LogP contribution is 2.32. The zero-order chi connectivity index (χ0) is 15.6. The second-order valence-corrected chi connectivity index (χ2v) is 5.85. The van der Waals surface area contributed by atoms with Crippen molar-refractivity contribution < 1.29 is 4.79 Å². The van der Waals surface area contributed by atoms with Crippen molar-refractivity contribution >= 4 is 52.2 Å². The van der Waals surface area contributed by atoms with Crippen molar-refractivity contribution in [2.75, 3.05) is 16.8 Å². The van der Waals surface area contributed by atoms with Crippen LogP contribution in [0.5, 0.6) is 0 Å².